The molecule has 2 amide bonds. The molecule has 0 aliphatic rings. The topological polar surface area (TPSA) is 75.4 Å². The first-order valence-electron chi connectivity index (χ1n) is 4.84. The van der Waals surface area contributed by atoms with Crippen LogP contribution >= 0.6 is 11.3 Å². The monoisotopic (exact) mass is 238 g/mol. The van der Waals surface area contributed by atoms with Gasteiger partial charge in [0, 0.05) is 9.58 Å². The molecule has 0 aliphatic heterocycles. The molecule has 0 spiro atoms. The number of hydroxylamine groups is 1. The number of nitrogens with two attached hydrogens (primary N) is 1. The molecule has 0 radical (unpaired) electrons. The fourth-order valence-corrected chi connectivity index (χ4v) is 2.22. The second-order valence-corrected chi connectivity index (χ2v) is 4.25. The summed E-state index contributed by atoms with van der Waals surface area (Å²) in [7, 11) is 0. The van der Waals surface area contributed by atoms with Crippen molar-refractivity contribution in [2.45, 2.75) is 13.3 Å². The molecule has 0 bridgehead atoms. The van der Waals surface area contributed by atoms with E-state index in [0.29, 0.717) is 0 Å². The Hall–Kier alpha value is -1.59. The average molecular weight is 238 g/mol. The SMILES string of the molecule is CCc1cc2ccccc2s1.NC(=O)NO. The molecule has 1 aromatic heterocycles. The predicted octanol–water partition coefficient (Wildman–Crippen LogP) is 2.51. The summed E-state index contributed by atoms with van der Waals surface area (Å²) in [6.07, 6.45) is 1.15. The molecule has 1 aromatic carbocycles. The highest BCUT2D eigenvalue weighted by Gasteiger charge is 1.96. The Balaban J connectivity index is 0.000000221. The van der Waals surface area contributed by atoms with Crippen LogP contribution in [0.15, 0.2) is 30.3 Å². The van der Waals surface area contributed by atoms with E-state index in [2.05, 4.69) is 43.0 Å². The van der Waals surface area contributed by atoms with E-state index in [9.17, 15) is 4.79 Å². The lowest BCUT2D eigenvalue weighted by Gasteiger charge is -1.82. The minimum absolute atomic E-state index is 0.940. The number of benzene rings is 1. The van der Waals surface area contributed by atoms with E-state index in [4.69, 9.17) is 5.21 Å². The Morgan fingerprint density at radius 2 is 2.12 bits per heavy atom. The van der Waals surface area contributed by atoms with Crippen molar-refractivity contribution in [1.82, 2.24) is 5.48 Å². The second kappa shape index (κ2) is 6.09. The summed E-state index contributed by atoms with van der Waals surface area (Å²) in [6, 6.07) is 9.88. The molecule has 2 rings (SSSR count). The summed E-state index contributed by atoms with van der Waals surface area (Å²) in [5.41, 5.74) is 5.46. The van der Waals surface area contributed by atoms with Crippen LogP contribution in [0.25, 0.3) is 10.1 Å². The number of rotatable bonds is 1. The van der Waals surface area contributed by atoms with Crippen LogP contribution in [0.1, 0.15) is 11.8 Å². The first-order chi connectivity index (χ1) is 7.67. The summed E-state index contributed by atoms with van der Waals surface area (Å²) in [5.74, 6) is 0. The van der Waals surface area contributed by atoms with E-state index in [1.165, 1.54) is 20.4 Å². The van der Waals surface area contributed by atoms with Crippen molar-refractivity contribution in [3.05, 3.63) is 35.2 Å². The molecule has 1 heterocycles. The van der Waals surface area contributed by atoms with E-state index < -0.39 is 6.03 Å². The zero-order valence-electron chi connectivity index (χ0n) is 8.93. The molecular formula is C11H14N2O2S. The van der Waals surface area contributed by atoms with Crippen LogP contribution in [-0.4, -0.2) is 11.2 Å². The summed E-state index contributed by atoms with van der Waals surface area (Å²) < 4.78 is 1.41. The smallest absolute Gasteiger partial charge is 0.335 e. The van der Waals surface area contributed by atoms with Crippen molar-refractivity contribution in [2.24, 2.45) is 5.73 Å². The minimum Gasteiger partial charge on any atom is -0.350 e. The number of carbonyl (C=O) groups excluding carboxylic acids is 1. The van der Waals surface area contributed by atoms with E-state index in [-0.39, 0.29) is 0 Å². The number of amides is 2. The van der Waals surface area contributed by atoms with E-state index in [1.54, 1.807) is 0 Å². The number of fused-ring (bicyclic) bond motifs is 1. The zero-order chi connectivity index (χ0) is 12.0. The third-order valence-electron chi connectivity index (χ3n) is 1.94. The number of thiophene rings is 1. The van der Waals surface area contributed by atoms with Crippen molar-refractivity contribution >= 4 is 27.5 Å². The highest BCUT2D eigenvalue weighted by atomic mass is 32.1. The lowest BCUT2D eigenvalue weighted by atomic mass is 10.2. The summed E-state index contributed by atoms with van der Waals surface area (Å²) in [4.78, 5) is 10.7. The Morgan fingerprint density at radius 1 is 1.50 bits per heavy atom. The Kier molecular flexibility index (Phi) is 4.75. The van der Waals surface area contributed by atoms with Gasteiger partial charge in [0.15, 0.2) is 0 Å². The molecule has 0 unspecified atom stereocenters. The van der Waals surface area contributed by atoms with Crippen LogP contribution in [0.2, 0.25) is 0 Å². The van der Waals surface area contributed by atoms with Crippen LogP contribution in [-0.2, 0) is 6.42 Å². The number of carbonyl (C=O) groups is 1. The lowest BCUT2D eigenvalue weighted by Crippen LogP contribution is -2.25. The molecule has 4 N–H and O–H groups in total. The first kappa shape index (κ1) is 12.5. The molecule has 0 atom stereocenters. The number of nitrogens with one attached hydrogen (secondary N) is 1. The van der Waals surface area contributed by atoms with Crippen molar-refractivity contribution in [2.75, 3.05) is 0 Å². The van der Waals surface area contributed by atoms with Gasteiger partial charge in [0.05, 0.1) is 0 Å². The zero-order valence-corrected chi connectivity index (χ0v) is 9.75. The average Bonchev–Trinajstić information content (AvgIpc) is 2.72. The van der Waals surface area contributed by atoms with Gasteiger partial charge in [-0.2, -0.15) is 0 Å². The maximum atomic E-state index is 9.23. The first-order valence-corrected chi connectivity index (χ1v) is 5.66. The number of urea groups is 1. The van der Waals surface area contributed by atoms with E-state index in [0.717, 1.165) is 6.42 Å². The fourth-order valence-electron chi connectivity index (χ4n) is 1.21. The van der Waals surface area contributed by atoms with Gasteiger partial charge in [0.1, 0.15) is 0 Å². The van der Waals surface area contributed by atoms with Gasteiger partial charge in [-0.15, -0.1) is 11.3 Å². The van der Waals surface area contributed by atoms with Gasteiger partial charge in [0.2, 0.25) is 0 Å². The molecule has 0 saturated heterocycles. The van der Waals surface area contributed by atoms with Gasteiger partial charge in [-0.3, -0.25) is 5.21 Å². The Bertz CT molecular complexity index is 435. The van der Waals surface area contributed by atoms with Crippen LogP contribution < -0.4 is 11.2 Å². The normalized spacial score (nSPS) is 9.38. The maximum absolute atomic E-state index is 9.23. The summed E-state index contributed by atoms with van der Waals surface area (Å²) in [6.45, 7) is 2.20. The van der Waals surface area contributed by atoms with Gasteiger partial charge in [-0.1, -0.05) is 25.1 Å². The van der Waals surface area contributed by atoms with Crippen LogP contribution in [0, 0.1) is 0 Å². The number of hydrogen-bond acceptors (Lipinski definition) is 3. The molecule has 2 aromatic rings. The third-order valence-corrected chi connectivity index (χ3v) is 3.20. The predicted molar refractivity (Wildman–Crippen MR) is 65.7 cm³/mol. The van der Waals surface area contributed by atoms with Crippen LogP contribution in [0.5, 0.6) is 0 Å². The minimum atomic E-state index is -0.940. The van der Waals surface area contributed by atoms with Crippen molar-refractivity contribution in [3.63, 3.8) is 0 Å². The van der Waals surface area contributed by atoms with Crippen LogP contribution in [0.4, 0.5) is 4.79 Å². The van der Waals surface area contributed by atoms with Crippen molar-refractivity contribution < 1.29 is 10.0 Å². The van der Waals surface area contributed by atoms with Crippen molar-refractivity contribution in [3.8, 4) is 0 Å². The molecule has 0 aliphatic carbocycles. The molecule has 5 heteroatoms. The molecule has 86 valence electrons. The summed E-state index contributed by atoms with van der Waals surface area (Å²) >= 11 is 1.90. The highest BCUT2D eigenvalue weighted by Crippen LogP contribution is 2.25. The largest absolute Gasteiger partial charge is 0.350 e. The molecular weight excluding hydrogens is 224 g/mol. The van der Waals surface area contributed by atoms with Crippen LogP contribution in [0.3, 0.4) is 0 Å². The molecule has 4 nitrogen and oxygen atoms in total. The molecule has 0 saturated carbocycles. The maximum Gasteiger partial charge on any atom is 0.335 e. The number of hydrogen-bond donors (Lipinski definition) is 3. The van der Waals surface area contributed by atoms with Crippen molar-refractivity contribution in [1.29, 1.82) is 0 Å². The summed E-state index contributed by atoms with van der Waals surface area (Å²) in [5, 5.41) is 8.80. The van der Waals surface area contributed by atoms with Gasteiger partial charge in [-0.05, 0) is 23.9 Å². The van der Waals surface area contributed by atoms with E-state index >= 15 is 0 Å². The standard InChI is InChI=1S/C10H10S.CH4N2O2/c1-2-9-7-8-5-3-4-6-10(8)11-9;2-1(4)3-5/h3-7H,2H2,1H3;5H,(H3,2,3,4). The second-order valence-electron chi connectivity index (χ2n) is 3.08. The van der Waals surface area contributed by atoms with Gasteiger partial charge in [-0.25, -0.2) is 10.3 Å². The third kappa shape index (κ3) is 3.52. The fraction of sp³-hybridized carbons (Fsp3) is 0.182. The number of primary amides is 1. The van der Waals surface area contributed by atoms with Gasteiger partial charge < -0.3 is 5.73 Å². The Labute approximate surface area is 97.7 Å². The quantitative estimate of drug-likeness (QED) is 0.527. The van der Waals surface area contributed by atoms with Gasteiger partial charge >= 0.3 is 6.03 Å². The highest BCUT2D eigenvalue weighted by molar-refractivity contribution is 7.19. The Morgan fingerprint density at radius 3 is 2.62 bits per heavy atom. The molecule has 0 fully saturated rings. The molecule has 16 heavy (non-hydrogen) atoms. The van der Waals surface area contributed by atoms with Gasteiger partial charge in [0.25, 0.3) is 0 Å². The lowest BCUT2D eigenvalue weighted by molar-refractivity contribution is 0.169. The number of aryl methyl sites for hydroxylation is 1. The van der Waals surface area contributed by atoms with E-state index in [1.807, 2.05) is 11.3 Å².